The Bertz CT molecular complexity index is 875. The van der Waals surface area contributed by atoms with Crippen LogP contribution in [0.25, 0.3) is 6.08 Å². The second kappa shape index (κ2) is 7.51. The second-order valence-electron chi connectivity index (χ2n) is 5.28. The van der Waals surface area contributed by atoms with Crippen LogP contribution in [-0.4, -0.2) is 20.6 Å². The molecule has 2 N–H and O–H groups in total. The van der Waals surface area contributed by atoms with Gasteiger partial charge in [0.2, 0.25) is 15.9 Å². The summed E-state index contributed by atoms with van der Waals surface area (Å²) in [5.74, 6) is -0.284. The number of carbonyl (C=O) groups is 1. The lowest BCUT2D eigenvalue weighted by molar-refractivity contribution is -0.111. The number of amides is 1. The number of aryl methyl sites for hydroxylation is 1. The molecule has 0 bridgehead atoms. The third-order valence-electron chi connectivity index (χ3n) is 3.08. The van der Waals surface area contributed by atoms with Crippen LogP contribution in [0, 0.1) is 6.92 Å². The smallest absolute Gasteiger partial charge is 0.248 e. The molecule has 24 heavy (non-hydrogen) atoms. The van der Waals surface area contributed by atoms with E-state index in [0.717, 1.165) is 17.4 Å². The van der Waals surface area contributed by atoms with Gasteiger partial charge in [0.1, 0.15) is 0 Å². The molecule has 0 spiro atoms. The summed E-state index contributed by atoms with van der Waals surface area (Å²) in [6.07, 6.45) is 4.12. The summed E-state index contributed by atoms with van der Waals surface area (Å²) in [7, 11) is -3.30. The van der Waals surface area contributed by atoms with E-state index in [-0.39, 0.29) is 5.91 Å². The zero-order chi connectivity index (χ0) is 17.7. The fourth-order valence-electron chi connectivity index (χ4n) is 1.90. The fraction of sp³-hybridized carbons (Fsp3) is 0.118. The Balaban J connectivity index is 1.99. The van der Waals surface area contributed by atoms with Crippen molar-refractivity contribution in [3.8, 4) is 0 Å². The molecule has 0 fully saturated rings. The fourth-order valence-corrected chi connectivity index (χ4v) is 2.65. The predicted molar refractivity (Wildman–Crippen MR) is 98.8 cm³/mol. The topological polar surface area (TPSA) is 75.3 Å². The van der Waals surface area contributed by atoms with Crippen molar-refractivity contribution < 1.29 is 13.2 Å². The van der Waals surface area contributed by atoms with Gasteiger partial charge >= 0.3 is 0 Å². The van der Waals surface area contributed by atoms with Gasteiger partial charge in [0.25, 0.3) is 0 Å². The molecule has 126 valence electrons. The van der Waals surface area contributed by atoms with E-state index < -0.39 is 10.0 Å². The van der Waals surface area contributed by atoms with Gasteiger partial charge in [0, 0.05) is 22.5 Å². The molecule has 0 heterocycles. The van der Waals surface area contributed by atoms with Crippen molar-refractivity contribution in [2.75, 3.05) is 16.3 Å². The number of nitrogens with one attached hydrogen (secondary N) is 2. The number of carbonyl (C=O) groups excluding carboxylic acids is 1. The Morgan fingerprint density at radius 1 is 1.08 bits per heavy atom. The minimum Gasteiger partial charge on any atom is -0.322 e. The maximum Gasteiger partial charge on any atom is 0.248 e. The Morgan fingerprint density at radius 2 is 1.71 bits per heavy atom. The molecular weight excluding hydrogens is 348 g/mol. The highest BCUT2D eigenvalue weighted by molar-refractivity contribution is 7.92. The number of hydrogen-bond donors (Lipinski definition) is 2. The van der Waals surface area contributed by atoms with Crippen molar-refractivity contribution in [1.29, 1.82) is 0 Å². The van der Waals surface area contributed by atoms with Gasteiger partial charge in [0.15, 0.2) is 0 Å². The lowest BCUT2D eigenvalue weighted by atomic mass is 10.2. The molecule has 0 aliphatic carbocycles. The molecule has 2 aromatic rings. The number of anilines is 2. The lowest BCUT2D eigenvalue weighted by Crippen LogP contribution is -2.09. The molecule has 7 heteroatoms. The highest BCUT2D eigenvalue weighted by Crippen LogP contribution is 2.20. The number of halogens is 1. The molecular formula is C17H17ClN2O3S. The molecule has 0 saturated heterocycles. The normalized spacial score (nSPS) is 11.5. The molecule has 2 rings (SSSR count). The highest BCUT2D eigenvalue weighted by atomic mass is 35.5. The third-order valence-corrected chi connectivity index (χ3v) is 4.09. The lowest BCUT2D eigenvalue weighted by Gasteiger charge is -2.05. The van der Waals surface area contributed by atoms with E-state index in [0.29, 0.717) is 16.4 Å². The predicted octanol–water partition coefficient (Wildman–Crippen LogP) is 3.67. The van der Waals surface area contributed by atoms with Gasteiger partial charge in [-0.2, -0.15) is 0 Å². The van der Waals surface area contributed by atoms with Gasteiger partial charge in [-0.05, 0) is 48.4 Å². The number of sulfonamides is 1. The summed E-state index contributed by atoms with van der Waals surface area (Å²) in [6.45, 7) is 1.89. The van der Waals surface area contributed by atoms with E-state index >= 15 is 0 Å². The van der Waals surface area contributed by atoms with Crippen LogP contribution in [0.4, 0.5) is 11.4 Å². The summed E-state index contributed by atoms with van der Waals surface area (Å²) < 4.78 is 24.6. The molecule has 0 radical (unpaired) electrons. The van der Waals surface area contributed by atoms with Crippen LogP contribution in [0.3, 0.4) is 0 Å². The van der Waals surface area contributed by atoms with Crippen molar-refractivity contribution in [3.63, 3.8) is 0 Å². The van der Waals surface area contributed by atoms with Crippen molar-refractivity contribution in [2.45, 2.75) is 6.92 Å². The third kappa shape index (κ3) is 5.72. The van der Waals surface area contributed by atoms with Gasteiger partial charge in [0.05, 0.1) is 6.26 Å². The molecule has 2 aromatic carbocycles. The van der Waals surface area contributed by atoms with Gasteiger partial charge in [-0.15, -0.1) is 0 Å². The van der Waals surface area contributed by atoms with Crippen LogP contribution in [0.2, 0.25) is 5.02 Å². The Labute approximate surface area is 146 Å². The van der Waals surface area contributed by atoms with Crippen LogP contribution < -0.4 is 10.0 Å². The Kier molecular flexibility index (Phi) is 5.64. The first-order valence-corrected chi connectivity index (χ1v) is 9.33. The van der Waals surface area contributed by atoms with Crippen molar-refractivity contribution >= 4 is 45.0 Å². The van der Waals surface area contributed by atoms with E-state index in [1.807, 2.05) is 13.0 Å². The molecule has 0 aliphatic heterocycles. The van der Waals surface area contributed by atoms with Gasteiger partial charge in [-0.1, -0.05) is 29.8 Å². The summed E-state index contributed by atoms with van der Waals surface area (Å²) in [4.78, 5) is 11.9. The zero-order valence-electron chi connectivity index (χ0n) is 13.2. The molecule has 0 aromatic heterocycles. The van der Waals surface area contributed by atoms with Crippen LogP contribution in [0.15, 0.2) is 48.5 Å². The standard InChI is InChI=1S/C17H17ClN2O3S/c1-12-3-7-15(11-16(12)18)19-17(21)10-6-13-4-8-14(9-5-13)20-24(2,22)23/h3-11,20H,1-2H3,(H,19,21)/b10-6+. The summed E-state index contributed by atoms with van der Waals surface area (Å²) in [5.41, 5.74) is 2.79. The SMILES string of the molecule is Cc1ccc(NC(=O)/C=C/c2ccc(NS(C)(=O)=O)cc2)cc1Cl. The van der Waals surface area contributed by atoms with Crippen LogP contribution in [0.1, 0.15) is 11.1 Å². The van der Waals surface area contributed by atoms with Crippen LogP contribution >= 0.6 is 11.6 Å². The first kappa shape index (κ1) is 18.0. The van der Waals surface area contributed by atoms with Gasteiger partial charge in [-0.25, -0.2) is 8.42 Å². The zero-order valence-corrected chi connectivity index (χ0v) is 14.8. The maximum atomic E-state index is 11.9. The quantitative estimate of drug-likeness (QED) is 0.795. The first-order chi connectivity index (χ1) is 11.2. The largest absolute Gasteiger partial charge is 0.322 e. The second-order valence-corrected chi connectivity index (χ2v) is 7.44. The average Bonchev–Trinajstić information content (AvgIpc) is 2.49. The minimum atomic E-state index is -3.30. The first-order valence-electron chi connectivity index (χ1n) is 7.06. The molecule has 1 amide bonds. The highest BCUT2D eigenvalue weighted by Gasteiger charge is 2.02. The van der Waals surface area contributed by atoms with Crippen molar-refractivity contribution in [1.82, 2.24) is 0 Å². The monoisotopic (exact) mass is 364 g/mol. The van der Waals surface area contributed by atoms with E-state index in [2.05, 4.69) is 10.0 Å². The van der Waals surface area contributed by atoms with E-state index in [4.69, 9.17) is 11.6 Å². The van der Waals surface area contributed by atoms with Gasteiger partial charge < -0.3 is 5.32 Å². The van der Waals surface area contributed by atoms with Crippen molar-refractivity contribution in [2.24, 2.45) is 0 Å². The van der Waals surface area contributed by atoms with E-state index in [1.165, 1.54) is 6.08 Å². The number of hydrogen-bond acceptors (Lipinski definition) is 3. The van der Waals surface area contributed by atoms with E-state index in [1.54, 1.807) is 42.5 Å². The molecule has 0 aliphatic rings. The molecule has 0 unspecified atom stereocenters. The molecule has 0 saturated carbocycles. The van der Waals surface area contributed by atoms with Gasteiger partial charge in [-0.3, -0.25) is 9.52 Å². The number of rotatable bonds is 5. The average molecular weight is 365 g/mol. The summed E-state index contributed by atoms with van der Waals surface area (Å²) in [6, 6.07) is 12.0. The van der Waals surface area contributed by atoms with Crippen LogP contribution in [-0.2, 0) is 14.8 Å². The van der Waals surface area contributed by atoms with E-state index in [9.17, 15) is 13.2 Å². The van der Waals surface area contributed by atoms with Crippen molar-refractivity contribution in [3.05, 3.63) is 64.7 Å². The molecule has 5 nitrogen and oxygen atoms in total. The Morgan fingerprint density at radius 3 is 2.29 bits per heavy atom. The van der Waals surface area contributed by atoms with Crippen LogP contribution in [0.5, 0.6) is 0 Å². The minimum absolute atomic E-state index is 0.284. The molecule has 0 atom stereocenters. The summed E-state index contributed by atoms with van der Waals surface area (Å²) >= 11 is 6.01. The maximum absolute atomic E-state index is 11.9. The Hall–Kier alpha value is -2.31. The number of benzene rings is 2. The summed E-state index contributed by atoms with van der Waals surface area (Å²) in [5, 5.41) is 3.31.